The fourth-order valence-electron chi connectivity index (χ4n) is 1.84. The van der Waals surface area contributed by atoms with Crippen LogP contribution >= 0.6 is 15.9 Å². The van der Waals surface area contributed by atoms with Crippen LogP contribution in [0, 0.1) is 0 Å². The number of benzene rings is 2. The van der Waals surface area contributed by atoms with Crippen molar-refractivity contribution in [1.82, 2.24) is 0 Å². The van der Waals surface area contributed by atoms with Gasteiger partial charge in [0, 0.05) is 10.0 Å². The van der Waals surface area contributed by atoms with Crippen molar-refractivity contribution >= 4 is 27.3 Å². The zero-order valence-corrected chi connectivity index (χ0v) is 11.0. The summed E-state index contributed by atoms with van der Waals surface area (Å²) >= 11 is 3.38. The molecule has 18 heavy (non-hydrogen) atoms. The minimum Gasteiger partial charge on any atom is -0.457 e. The van der Waals surface area contributed by atoms with Gasteiger partial charge in [0.05, 0.1) is 0 Å². The summed E-state index contributed by atoms with van der Waals surface area (Å²) in [6.07, 6.45) is -1.03. The van der Waals surface area contributed by atoms with Gasteiger partial charge in [-0.2, -0.15) is 0 Å². The molecule has 0 radical (unpaired) electrons. The van der Waals surface area contributed by atoms with E-state index in [0.29, 0.717) is 11.5 Å². The number of aliphatic hydroxyl groups excluding tert-OH is 1. The number of ether oxygens (including phenoxy) is 1. The Bertz CT molecular complexity index is 607. The monoisotopic (exact) mass is 303 g/mol. The second-order valence-corrected chi connectivity index (χ2v) is 4.86. The quantitative estimate of drug-likeness (QED) is 0.878. The minimum absolute atomic E-state index is 0.529. The number of fused-ring (bicyclic) bond motifs is 1. The fourth-order valence-corrected chi connectivity index (χ4v) is 2.10. The normalized spacial score (nSPS) is 17.7. The minimum atomic E-state index is -1.03. The van der Waals surface area contributed by atoms with Gasteiger partial charge in [-0.3, -0.25) is 0 Å². The van der Waals surface area contributed by atoms with Crippen molar-refractivity contribution in [2.45, 2.75) is 6.29 Å². The molecule has 2 aromatic rings. The average molecular weight is 304 g/mol. The molecule has 3 rings (SSSR count). The van der Waals surface area contributed by atoms with E-state index in [-0.39, 0.29) is 0 Å². The number of rotatable bonds is 1. The van der Waals surface area contributed by atoms with Gasteiger partial charge in [0.25, 0.3) is 0 Å². The fraction of sp³-hybridized carbons (Fsp3) is 0.0714. The molecule has 0 aromatic heterocycles. The number of para-hydroxylation sites is 2. The summed E-state index contributed by atoms with van der Waals surface area (Å²) in [5.41, 5.74) is 2.11. The zero-order chi connectivity index (χ0) is 12.5. The van der Waals surface area contributed by atoms with E-state index in [1.165, 1.54) is 0 Å². The maximum Gasteiger partial charge on any atom is 0.242 e. The molecule has 0 spiro atoms. The molecule has 90 valence electrons. The lowest BCUT2D eigenvalue weighted by molar-refractivity contribution is 0.0402. The molecule has 0 aliphatic carbocycles. The first kappa shape index (κ1) is 11.4. The molecule has 0 saturated carbocycles. The van der Waals surface area contributed by atoms with Crippen molar-refractivity contribution in [2.75, 3.05) is 0 Å². The number of halogens is 1. The zero-order valence-electron chi connectivity index (χ0n) is 9.38. The molecule has 1 heterocycles. The third-order valence-electron chi connectivity index (χ3n) is 2.72. The molecule has 2 aromatic carbocycles. The van der Waals surface area contributed by atoms with Gasteiger partial charge in [0.2, 0.25) is 6.29 Å². The first-order chi connectivity index (χ1) is 8.74. The Morgan fingerprint density at radius 1 is 1.06 bits per heavy atom. The average Bonchev–Trinajstić information content (AvgIpc) is 2.39. The highest BCUT2D eigenvalue weighted by Crippen LogP contribution is 2.32. The van der Waals surface area contributed by atoms with Gasteiger partial charge in [-0.1, -0.05) is 40.2 Å². The summed E-state index contributed by atoms with van der Waals surface area (Å²) in [5, 5.41) is 9.97. The Labute approximate surface area is 113 Å². The predicted octanol–water partition coefficient (Wildman–Crippen LogP) is 3.28. The van der Waals surface area contributed by atoms with Gasteiger partial charge >= 0.3 is 0 Å². The van der Waals surface area contributed by atoms with E-state index >= 15 is 0 Å². The van der Waals surface area contributed by atoms with E-state index in [4.69, 9.17) is 4.74 Å². The summed E-state index contributed by atoms with van der Waals surface area (Å²) in [5.74, 6) is 0.603. The van der Waals surface area contributed by atoms with Crippen LogP contribution < -0.4 is 4.74 Å². The van der Waals surface area contributed by atoms with Crippen LogP contribution in [-0.4, -0.2) is 17.1 Å². The maximum absolute atomic E-state index is 9.97. The van der Waals surface area contributed by atoms with Gasteiger partial charge < -0.3 is 9.84 Å². The van der Waals surface area contributed by atoms with Crippen LogP contribution in [0.1, 0.15) is 5.56 Å². The summed E-state index contributed by atoms with van der Waals surface area (Å²) < 4.78 is 6.43. The number of aliphatic imine (C=N–C) groups is 1. The molecule has 1 unspecified atom stereocenters. The van der Waals surface area contributed by atoms with Crippen LogP contribution in [0.4, 0.5) is 5.69 Å². The lowest BCUT2D eigenvalue weighted by Crippen LogP contribution is -2.29. The van der Waals surface area contributed by atoms with Crippen LogP contribution in [0.25, 0.3) is 0 Å². The second-order valence-electron chi connectivity index (χ2n) is 3.94. The Morgan fingerprint density at radius 3 is 2.56 bits per heavy atom. The predicted molar refractivity (Wildman–Crippen MR) is 73.4 cm³/mol. The van der Waals surface area contributed by atoms with Gasteiger partial charge in [-0.15, -0.1) is 0 Å². The lowest BCUT2D eigenvalue weighted by atomic mass is 10.1. The number of nitrogens with zero attached hydrogens (tertiary/aromatic N) is 1. The van der Waals surface area contributed by atoms with E-state index in [1.807, 2.05) is 42.5 Å². The van der Waals surface area contributed by atoms with E-state index in [9.17, 15) is 5.11 Å². The lowest BCUT2D eigenvalue weighted by Gasteiger charge is -2.22. The summed E-state index contributed by atoms with van der Waals surface area (Å²) in [4.78, 5) is 4.45. The Kier molecular flexibility index (Phi) is 2.89. The van der Waals surface area contributed by atoms with Crippen molar-refractivity contribution in [2.24, 2.45) is 4.99 Å². The van der Waals surface area contributed by atoms with Crippen LogP contribution in [0.5, 0.6) is 5.75 Å². The molecule has 0 fully saturated rings. The molecule has 1 aliphatic heterocycles. The second kappa shape index (κ2) is 4.55. The number of aliphatic hydroxyl groups is 1. The standard InChI is InChI=1S/C14H10BrNO2/c15-10-7-5-9(6-8-10)13-14(17)18-12-4-2-1-3-11(12)16-13/h1-8,14,17H. The molecular formula is C14H10BrNO2. The van der Waals surface area contributed by atoms with Crippen molar-refractivity contribution in [3.63, 3.8) is 0 Å². The highest BCUT2D eigenvalue weighted by Gasteiger charge is 2.23. The van der Waals surface area contributed by atoms with Crippen LogP contribution in [-0.2, 0) is 0 Å². The third-order valence-corrected chi connectivity index (χ3v) is 3.25. The maximum atomic E-state index is 9.97. The third kappa shape index (κ3) is 2.05. The molecule has 4 heteroatoms. The highest BCUT2D eigenvalue weighted by molar-refractivity contribution is 9.10. The summed E-state index contributed by atoms with van der Waals surface area (Å²) in [6.45, 7) is 0. The van der Waals surface area contributed by atoms with E-state index in [1.54, 1.807) is 6.07 Å². The van der Waals surface area contributed by atoms with Crippen molar-refractivity contribution in [3.05, 3.63) is 58.6 Å². The van der Waals surface area contributed by atoms with E-state index in [2.05, 4.69) is 20.9 Å². The Morgan fingerprint density at radius 2 is 1.78 bits per heavy atom. The molecule has 1 N–H and O–H groups in total. The van der Waals surface area contributed by atoms with Gasteiger partial charge in [-0.05, 0) is 24.3 Å². The highest BCUT2D eigenvalue weighted by atomic mass is 79.9. The molecule has 1 atom stereocenters. The number of hydrogen-bond donors (Lipinski definition) is 1. The SMILES string of the molecule is OC1Oc2ccccc2N=C1c1ccc(Br)cc1. The Balaban J connectivity index is 2.07. The molecule has 1 aliphatic rings. The number of hydrogen-bond acceptors (Lipinski definition) is 3. The van der Waals surface area contributed by atoms with Crippen molar-refractivity contribution in [1.29, 1.82) is 0 Å². The van der Waals surface area contributed by atoms with Crippen LogP contribution in [0.3, 0.4) is 0 Å². The van der Waals surface area contributed by atoms with E-state index < -0.39 is 6.29 Å². The summed E-state index contributed by atoms with van der Waals surface area (Å²) in [7, 11) is 0. The summed E-state index contributed by atoms with van der Waals surface area (Å²) in [6, 6.07) is 15.0. The molecule has 0 amide bonds. The smallest absolute Gasteiger partial charge is 0.242 e. The van der Waals surface area contributed by atoms with Crippen LogP contribution in [0.15, 0.2) is 58.0 Å². The largest absolute Gasteiger partial charge is 0.457 e. The first-order valence-electron chi connectivity index (χ1n) is 5.52. The van der Waals surface area contributed by atoms with Crippen molar-refractivity contribution < 1.29 is 9.84 Å². The molecular weight excluding hydrogens is 294 g/mol. The molecule has 0 saturated heterocycles. The van der Waals surface area contributed by atoms with Gasteiger partial charge in [-0.25, -0.2) is 4.99 Å². The molecule has 0 bridgehead atoms. The van der Waals surface area contributed by atoms with Gasteiger partial charge in [0.15, 0.2) is 0 Å². The first-order valence-corrected chi connectivity index (χ1v) is 6.31. The van der Waals surface area contributed by atoms with Crippen molar-refractivity contribution in [3.8, 4) is 5.75 Å². The van der Waals surface area contributed by atoms with Gasteiger partial charge in [0.1, 0.15) is 17.1 Å². The Hall–Kier alpha value is -1.65. The molecule has 3 nitrogen and oxygen atoms in total. The topological polar surface area (TPSA) is 41.8 Å². The van der Waals surface area contributed by atoms with Crippen LogP contribution in [0.2, 0.25) is 0 Å². The van der Waals surface area contributed by atoms with E-state index in [0.717, 1.165) is 15.7 Å².